The van der Waals surface area contributed by atoms with E-state index in [9.17, 15) is 4.79 Å². The fourth-order valence-electron chi connectivity index (χ4n) is 2.22. The SMILES string of the molecule is CCC=CC[C@H]1C(=O)CC[C@@H]1CCO. The van der Waals surface area contributed by atoms with Crippen LogP contribution in [0.5, 0.6) is 0 Å². The van der Waals surface area contributed by atoms with Crippen LogP contribution >= 0.6 is 0 Å². The summed E-state index contributed by atoms with van der Waals surface area (Å²) in [5.41, 5.74) is 0. The Morgan fingerprint density at radius 1 is 1.50 bits per heavy atom. The van der Waals surface area contributed by atoms with Crippen molar-refractivity contribution in [2.24, 2.45) is 11.8 Å². The fraction of sp³-hybridized carbons (Fsp3) is 0.750. The molecule has 0 spiro atoms. The van der Waals surface area contributed by atoms with Crippen LogP contribution in [0, 0.1) is 11.8 Å². The highest BCUT2D eigenvalue weighted by Gasteiger charge is 2.32. The number of aliphatic hydroxyl groups excluding tert-OH is 1. The van der Waals surface area contributed by atoms with Gasteiger partial charge in [-0.05, 0) is 31.6 Å². The lowest BCUT2D eigenvalue weighted by Gasteiger charge is -2.15. The Balaban J connectivity index is 2.44. The lowest BCUT2D eigenvalue weighted by Crippen LogP contribution is -2.15. The molecule has 0 unspecified atom stereocenters. The molecule has 1 rings (SSSR count). The molecule has 2 heteroatoms. The van der Waals surface area contributed by atoms with E-state index in [2.05, 4.69) is 19.1 Å². The number of rotatable bonds is 5. The number of hydrogen-bond acceptors (Lipinski definition) is 2. The molecule has 0 aromatic rings. The van der Waals surface area contributed by atoms with Gasteiger partial charge >= 0.3 is 0 Å². The van der Waals surface area contributed by atoms with Crippen molar-refractivity contribution in [2.45, 2.75) is 39.0 Å². The molecule has 0 amide bonds. The molecule has 14 heavy (non-hydrogen) atoms. The summed E-state index contributed by atoms with van der Waals surface area (Å²) in [5, 5.41) is 8.87. The largest absolute Gasteiger partial charge is 0.396 e. The van der Waals surface area contributed by atoms with E-state index in [0.717, 1.165) is 32.1 Å². The van der Waals surface area contributed by atoms with Crippen molar-refractivity contribution in [1.29, 1.82) is 0 Å². The predicted molar refractivity (Wildman–Crippen MR) is 57.0 cm³/mol. The van der Waals surface area contributed by atoms with E-state index in [4.69, 9.17) is 5.11 Å². The number of carbonyl (C=O) groups excluding carboxylic acids is 1. The van der Waals surface area contributed by atoms with Crippen molar-refractivity contribution in [3.63, 3.8) is 0 Å². The summed E-state index contributed by atoms with van der Waals surface area (Å²) >= 11 is 0. The van der Waals surface area contributed by atoms with Crippen LogP contribution in [-0.4, -0.2) is 17.5 Å². The quantitative estimate of drug-likeness (QED) is 0.685. The van der Waals surface area contributed by atoms with Gasteiger partial charge in [-0.2, -0.15) is 0 Å². The first-order valence-electron chi connectivity index (χ1n) is 5.58. The van der Waals surface area contributed by atoms with Gasteiger partial charge in [0.25, 0.3) is 0 Å². The third kappa shape index (κ3) is 2.95. The van der Waals surface area contributed by atoms with Gasteiger partial charge in [0.1, 0.15) is 5.78 Å². The van der Waals surface area contributed by atoms with E-state index in [1.54, 1.807) is 0 Å². The van der Waals surface area contributed by atoms with Crippen LogP contribution in [0.2, 0.25) is 0 Å². The number of aliphatic hydroxyl groups is 1. The molecule has 0 aromatic carbocycles. The highest BCUT2D eigenvalue weighted by atomic mass is 16.3. The molecule has 0 bridgehead atoms. The molecule has 1 aliphatic carbocycles. The molecule has 2 nitrogen and oxygen atoms in total. The van der Waals surface area contributed by atoms with E-state index in [-0.39, 0.29) is 12.5 Å². The van der Waals surface area contributed by atoms with Gasteiger partial charge in [-0.1, -0.05) is 19.1 Å². The third-order valence-electron chi connectivity index (χ3n) is 3.04. The maximum absolute atomic E-state index is 11.5. The van der Waals surface area contributed by atoms with Crippen LogP contribution in [0.3, 0.4) is 0 Å². The summed E-state index contributed by atoms with van der Waals surface area (Å²) in [7, 11) is 0. The minimum Gasteiger partial charge on any atom is -0.396 e. The van der Waals surface area contributed by atoms with Crippen LogP contribution < -0.4 is 0 Å². The molecule has 0 aromatic heterocycles. The zero-order valence-corrected chi connectivity index (χ0v) is 8.91. The van der Waals surface area contributed by atoms with Gasteiger partial charge in [-0.15, -0.1) is 0 Å². The topological polar surface area (TPSA) is 37.3 Å². The summed E-state index contributed by atoms with van der Waals surface area (Å²) in [5.74, 6) is 1.00. The van der Waals surface area contributed by atoms with E-state index in [0.29, 0.717) is 11.7 Å². The summed E-state index contributed by atoms with van der Waals surface area (Å²) in [4.78, 5) is 11.5. The molecule has 0 radical (unpaired) electrons. The van der Waals surface area contributed by atoms with Gasteiger partial charge < -0.3 is 5.11 Å². The Morgan fingerprint density at radius 3 is 2.93 bits per heavy atom. The van der Waals surface area contributed by atoms with E-state index in [1.165, 1.54) is 0 Å². The van der Waals surface area contributed by atoms with E-state index >= 15 is 0 Å². The molecule has 0 heterocycles. The molecule has 80 valence electrons. The van der Waals surface area contributed by atoms with Crippen LogP contribution in [0.15, 0.2) is 12.2 Å². The average molecular weight is 196 g/mol. The minimum atomic E-state index is 0.185. The first-order chi connectivity index (χ1) is 6.79. The smallest absolute Gasteiger partial charge is 0.136 e. The zero-order valence-electron chi connectivity index (χ0n) is 8.91. The maximum Gasteiger partial charge on any atom is 0.136 e. The molecule has 0 saturated heterocycles. The number of ketones is 1. The van der Waals surface area contributed by atoms with Gasteiger partial charge in [0.15, 0.2) is 0 Å². The first-order valence-corrected chi connectivity index (χ1v) is 5.58. The second kappa shape index (κ2) is 5.97. The van der Waals surface area contributed by atoms with Gasteiger partial charge in [0.2, 0.25) is 0 Å². The van der Waals surface area contributed by atoms with Crippen molar-refractivity contribution in [3.05, 3.63) is 12.2 Å². The standard InChI is InChI=1S/C12H20O2/c1-2-3-4-5-11-10(8-9-13)6-7-12(11)14/h3-4,10-11,13H,2,5-9H2,1H3/t10-,11-/m1/s1. The molecule has 1 saturated carbocycles. The first kappa shape index (κ1) is 11.4. The molecule has 1 N–H and O–H groups in total. The number of hydrogen-bond donors (Lipinski definition) is 1. The zero-order chi connectivity index (χ0) is 10.4. The fourth-order valence-corrected chi connectivity index (χ4v) is 2.22. The number of allylic oxidation sites excluding steroid dienone is 2. The highest BCUT2D eigenvalue weighted by molar-refractivity contribution is 5.83. The maximum atomic E-state index is 11.5. The van der Waals surface area contributed by atoms with E-state index < -0.39 is 0 Å². The minimum absolute atomic E-state index is 0.185. The van der Waals surface area contributed by atoms with Gasteiger partial charge in [-0.25, -0.2) is 0 Å². The summed E-state index contributed by atoms with van der Waals surface area (Å²) in [6, 6.07) is 0. The molecule has 2 atom stereocenters. The lowest BCUT2D eigenvalue weighted by atomic mass is 9.90. The van der Waals surface area contributed by atoms with Crippen molar-refractivity contribution < 1.29 is 9.90 Å². The molecule has 0 aliphatic heterocycles. The summed E-state index contributed by atoms with van der Waals surface area (Å²) < 4.78 is 0. The van der Waals surface area contributed by atoms with Crippen LogP contribution in [0.1, 0.15) is 39.0 Å². The van der Waals surface area contributed by atoms with Crippen molar-refractivity contribution in [3.8, 4) is 0 Å². The van der Waals surface area contributed by atoms with Gasteiger partial charge in [0, 0.05) is 18.9 Å². The highest BCUT2D eigenvalue weighted by Crippen LogP contribution is 2.33. The number of carbonyl (C=O) groups is 1. The second-order valence-electron chi connectivity index (χ2n) is 4.00. The van der Waals surface area contributed by atoms with Crippen molar-refractivity contribution in [2.75, 3.05) is 6.61 Å². The molecular formula is C12H20O2. The molecule has 1 fully saturated rings. The predicted octanol–water partition coefficient (Wildman–Crippen LogP) is 2.32. The average Bonchev–Trinajstić information content (AvgIpc) is 2.50. The van der Waals surface area contributed by atoms with Crippen molar-refractivity contribution >= 4 is 5.78 Å². The second-order valence-corrected chi connectivity index (χ2v) is 4.00. The monoisotopic (exact) mass is 196 g/mol. The Bertz CT molecular complexity index is 208. The number of Topliss-reactive ketones (excluding diaryl/α,β-unsaturated/α-hetero) is 1. The van der Waals surface area contributed by atoms with E-state index in [1.807, 2.05) is 0 Å². The van der Waals surface area contributed by atoms with Crippen LogP contribution in [-0.2, 0) is 4.79 Å². The molecular weight excluding hydrogens is 176 g/mol. The van der Waals surface area contributed by atoms with Gasteiger partial charge in [0.05, 0.1) is 0 Å². The van der Waals surface area contributed by atoms with Crippen molar-refractivity contribution in [1.82, 2.24) is 0 Å². The van der Waals surface area contributed by atoms with Gasteiger partial charge in [-0.3, -0.25) is 4.79 Å². The third-order valence-corrected chi connectivity index (χ3v) is 3.04. The Kier molecular flexibility index (Phi) is 4.88. The Hall–Kier alpha value is -0.630. The lowest BCUT2D eigenvalue weighted by molar-refractivity contribution is -0.121. The molecule has 1 aliphatic rings. The van der Waals surface area contributed by atoms with Crippen LogP contribution in [0.4, 0.5) is 0 Å². The Labute approximate surface area is 86.0 Å². The van der Waals surface area contributed by atoms with Crippen LogP contribution in [0.25, 0.3) is 0 Å². The Morgan fingerprint density at radius 2 is 2.29 bits per heavy atom. The normalized spacial score (nSPS) is 27.7. The summed E-state index contributed by atoms with van der Waals surface area (Å²) in [6.07, 6.45) is 8.61. The summed E-state index contributed by atoms with van der Waals surface area (Å²) in [6.45, 7) is 2.31.